The molecule has 2 rings (SSSR count). The largest absolute Gasteiger partial charge is 0.352 e. The second-order valence-corrected chi connectivity index (χ2v) is 7.07. The van der Waals surface area contributed by atoms with Gasteiger partial charge in [0.05, 0.1) is 0 Å². The predicted octanol–water partition coefficient (Wildman–Crippen LogP) is 1.92. The SMILES string of the molecule is CC1(C)CN(C(=O)CCCNC(=O)c2ccc(F)cc2)CCC1N. The fourth-order valence-electron chi connectivity index (χ4n) is 2.89. The Morgan fingerprint density at radius 3 is 2.62 bits per heavy atom. The molecular weight excluding hydrogens is 309 g/mol. The summed E-state index contributed by atoms with van der Waals surface area (Å²) >= 11 is 0. The molecule has 3 N–H and O–H groups in total. The third kappa shape index (κ3) is 4.77. The van der Waals surface area contributed by atoms with E-state index in [0.29, 0.717) is 38.0 Å². The average Bonchev–Trinajstić information content (AvgIpc) is 2.54. The molecule has 1 atom stereocenters. The molecule has 1 aromatic rings. The first-order valence-electron chi connectivity index (χ1n) is 8.37. The van der Waals surface area contributed by atoms with Crippen LogP contribution < -0.4 is 11.1 Å². The maximum Gasteiger partial charge on any atom is 0.251 e. The van der Waals surface area contributed by atoms with E-state index in [9.17, 15) is 14.0 Å². The Balaban J connectivity index is 1.71. The molecule has 1 aliphatic heterocycles. The number of benzene rings is 1. The summed E-state index contributed by atoms with van der Waals surface area (Å²) in [6, 6.07) is 5.50. The van der Waals surface area contributed by atoms with Crippen molar-refractivity contribution in [1.82, 2.24) is 10.2 Å². The predicted molar refractivity (Wildman–Crippen MR) is 90.9 cm³/mol. The maximum atomic E-state index is 12.8. The van der Waals surface area contributed by atoms with Crippen LogP contribution in [0.5, 0.6) is 0 Å². The summed E-state index contributed by atoms with van der Waals surface area (Å²) in [6.07, 6.45) is 1.80. The van der Waals surface area contributed by atoms with Crippen LogP contribution in [0.15, 0.2) is 24.3 Å². The summed E-state index contributed by atoms with van der Waals surface area (Å²) in [6.45, 7) is 5.96. The zero-order valence-corrected chi connectivity index (χ0v) is 14.3. The number of carbonyl (C=O) groups is 2. The first-order chi connectivity index (χ1) is 11.3. The van der Waals surface area contributed by atoms with Gasteiger partial charge in [0.1, 0.15) is 5.82 Å². The molecule has 1 heterocycles. The molecule has 0 aromatic heterocycles. The lowest BCUT2D eigenvalue weighted by atomic mass is 9.79. The van der Waals surface area contributed by atoms with Gasteiger partial charge in [-0.05, 0) is 42.5 Å². The normalized spacial score (nSPS) is 19.8. The van der Waals surface area contributed by atoms with E-state index in [2.05, 4.69) is 19.2 Å². The summed E-state index contributed by atoms with van der Waals surface area (Å²) in [7, 11) is 0. The number of carbonyl (C=O) groups excluding carboxylic acids is 2. The fourth-order valence-corrected chi connectivity index (χ4v) is 2.89. The van der Waals surface area contributed by atoms with Gasteiger partial charge in [0, 0.05) is 37.7 Å². The van der Waals surface area contributed by atoms with Crippen LogP contribution in [0.1, 0.15) is 43.5 Å². The fraction of sp³-hybridized carbons (Fsp3) is 0.556. The van der Waals surface area contributed by atoms with Crippen molar-refractivity contribution in [2.75, 3.05) is 19.6 Å². The number of nitrogens with zero attached hydrogens (tertiary/aromatic N) is 1. The molecule has 1 saturated heterocycles. The van der Waals surface area contributed by atoms with Crippen molar-refractivity contribution in [3.8, 4) is 0 Å². The Kier molecular flexibility index (Phi) is 5.94. The third-order valence-electron chi connectivity index (χ3n) is 4.62. The number of piperidine rings is 1. The highest BCUT2D eigenvalue weighted by Crippen LogP contribution is 2.28. The summed E-state index contributed by atoms with van der Waals surface area (Å²) in [5, 5.41) is 2.75. The minimum Gasteiger partial charge on any atom is -0.352 e. The van der Waals surface area contributed by atoms with Crippen molar-refractivity contribution in [1.29, 1.82) is 0 Å². The van der Waals surface area contributed by atoms with Crippen LogP contribution in [0.3, 0.4) is 0 Å². The Morgan fingerprint density at radius 2 is 2.00 bits per heavy atom. The second-order valence-electron chi connectivity index (χ2n) is 7.07. The van der Waals surface area contributed by atoms with Crippen LogP contribution in [-0.2, 0) is 4.79 Å². The molecule has 0 spiro atoms. The van der Waals surface area contributed by atoms with Crippen LogP contribution in [0, 0.1) is 11.2 Å². The van der Waals surface area contributed by atoms with Crippen molar-refractivity contribution in [3.63, 3.8) is 0 Å². The monoisotopic (exact) mass is 335 g/mol. The van der Waals surface area contributed by atoms with Crippen molar-refractivity contribution in [2.45, 2.75) is 39.2 Å². The number of hydrogen-bond acceptors (Lipinski definition) is 3. The lowest BCUT2D eigenvalue weighted by Crippen LogP contribution is -2.54. The van der Waals surface area contributed by atoms with Crippen LogP contribution >= 0.6 is 0 Å². The number of rotatable bonds is 5. The zero-order chi connectivity index (χ0) is 17.7. The first kappa shape index (κ1) is 18.4. The van der Waals surface area contributed by atoms with Gasteiger partial charge in [0.25, 0.3) is 5.91 Å². The zero-order valence-electron chi connectivity index (χ0n) is 14.3. The molecule has 0 radical (unpaired) electrons. The minimum atomic E-state index is -0.374. The lowest BCUT2D eigenvalue weighted by Gasteiger charge is -2.42. The number of nitrogens with two attached hydrogens (primary N) is 1. The standard InChI is InChI=1S/C18H26FN3O2/c1-18(2)12-22(11-9-15(18)20)16(23)4-3-10-21-17(24)13-5-7-14(19)8-6-13/h5-8,15H,3-4,9-12,20H2,1-2H3,(H,21,24). The molecule has 0 aliphatic carbocycles. The molecule has 1 unspecified atom stereocenters. The van der Waals surface area contributed by atoms with E-state index < -0.39 is 0 Å². The minimum absolute atomic E-state index is 0.0648. The summed E-state index contributed by atoms with van der Waals surface area (Å²) in [5.74, 6) is -0.528. The Hall–Kier alpha value is -1.95. The molecule has 1 fully saturated rings. The maximum absolute atomic E-state index is 12.8. The van der Waals surface area contributed by atoms with Crippen LogP contribution in [-0.4, -0.2) is 42.4 Å². The third-order valence-corrected chi connectivity index (χ3v) is 4.62. The van der Waals surface area contributed by atoms with E-state index in [1.807, 2.05) is 4.90 Å². The van der Waals surface area contributed by atoms with Crippen LogP contribution in [0.2, 0.25) is 0 Å². The van der Waals surface area contributed by atoms with Crippen molar-refractivity contribution < 1.29 is 14.0 Å². The number of nitrogens with one attached hydrogen (secondary N) is 1. The number of amides is 2. The van der Waals surface area contributed by atoms with E-state index in [0.717, 1.165) is 6.42 Å². The molecule has 24 heavy (non-hydrogen) atoms. The molecule has 1 aliphatic rings. The van der Waals surface area contributed by atoms with E-state index in [1.54, 1.807) is 0 Å². The van der Waals surface area contributed by atoms with E-state index in [4.69, 9.17) is 5.73 Å². The van der Waals surface area contributed by atoms with E-state index >= 15 is 0 Å². The van der Waals surface area contributed by atoms with Crippen LogP contribution in [0.25, 0.3) is 0 Å². The highest BCUT2D eigenvalue weighted by Gasteiger charge is 2.34. The molecule has 2 amide bonds. The number of halogens is 1. The van der Waals surface area contributed by atoms with Gasteiger partial charge in [-0.2, -0.15) is 0 Å². The van der Waals surface area contributed by atoms with Gasteiger partial charge in [-0.15, -0.1) is 0 Å². The smallest absolute Gasteiger partial charge is 0.251 e. The summed E-state index contributed by atoms with van der Waals surface area (Å²) in [5.41, 5.74) is 6.43. The molecule has 1 aromatic carbocycles. The molecular formula is C18H26FN3O2. The summed E-state index contributed by atoms with van der Waals surface area (Å²) < 4.78 is 12.8. The van der Waals surface area contributed by atoms with E-state index in [1.165, 1.54) is 24.3 Å². The van der Waals surface area contributed by atoms with Crippen molar-refractivity contribution in [2.24, 2.45) is 11.1 Å². The Morgan fingerprint density at radius 1 is 1.33 bits per heavy atom. The molecule has 0 bridgehead atoms. The van der Waals surface area contributed by atoms with Gasteiger partial charge in [0.2, 0.25) is 5.91 Å². The molecule has 132 valence electrons. The van der Waals surface area contributed by atoms with Gasteiger partial charge < -0.3 is 16.0 Å². The summed E-state index contributed by atoms with van der Waals surface area (Å²) in [4.78, 5) is 26.0. The van der Waals surface area contributed by atoms with Crippen LogP contribution in [0.4, 0.5) is 4.39 Å². The molecule has 5 nitrogen and oxygen atoms in total. The van der Waals surface area contributed by atoms with Gasteiger partial charge in [-0.1, -0.05) is 13.8 Å². The van der Waals surface area contributed by atoms with Gasteiger partial charge in [-0.3, -0.25) is 9.59 Å². The quantitative estimate of drug-likeness (QED) is 0.807. The molecule has 0 saturated carbocycles. The molecule has 6 heteroatoms. The van der Waals surface area contributed by atoms with Gasteiger partial charge in [-0.25, -0.2) is 4.39 Å². The highest BCUT2D eigenvalue weighted by atomic mass is 19.1. The Labute approximate surface area is 142 Å². The Bertz CT molecular complexity index is 586. The number of hydrogen-bond donors (Lipinski definition) is 2. The highest BCUT2D eigenvalue weighted by molar-refractivity contribution is 5.94. The van der Waals surface area contributed by atoms with E-state index in [-0.39, 0.29) is 29.1 Å². The van der Waals surface area contributed by atoms with Gasteiger partial charge >= 0.3 is 0 Å². The number of likely N-dealkylation sites (tertiary alicyclic amines) is 1. The first-order valence-corrected chi connectivity index (χ1v) is 8.37. The second kappa shape index (κ2) is 7.75. The van der Waals surface area contributed by atoms with Gasteiger partial charge in [0.15, 0.2) is 0 Å². The lowest BCUT2D eigenvalue weighted by molar-refractivity contribution is -0.134. The average molecular weight is 335 g/mol. The van der Waals surface area contributed by atoms with Crippen molar-refractivity contribution in [3.05, 3.63) is 35.6 Å². The topological polar surface area (TPSA) is 75.4 Å². The van der Waals surface area contributed by atoms with Crippen molar-refractivity contribution >= 4 is 11.8 Å².